The Morgan fingerprint density at radius 2 is 1.07 bits per heavy atom. The standard InChI is InChI=1S/C10H23NO4/c1-12-9(13-2)5-7-11-8-6-10(14-3)15-4/h9-11H,5-8H2,1-4H3. The van der Waals surface area contributed by atoms with E-state index in [9.17, 15) is 0 Å². The second kappa shape index (κ2) is 10.3. The third-order valence-corrected chi connectivity index (χ3v) is 2.17. The van der Waals surface area contributed by atoms with Crippen LogP contribution in [-0.4, -0.2) is 54.1 Å². The Kier molecular flexibility index (Phi) is 10.2. The molecule has 15 heavy (non-hydrogen) atoms. The molecule has 0 saturated carbocycles. The molecule has 0 aliphatic rings. The van der Waals surface area contributed by atoms with E-state index in [0.717, 1.165) is 25.9 Å². The molecule has 0 rings (SSSR count). The van der Waals surface area contributed by atoms with Gasteiger partial charge in [0, 0.05) is 41.3 Å². The Labute approximate surface area is 92.0 Å². The molecule has 0 saturated heterocycles. The summed E-state index contributed by atoms with van der Waals surface area (Å²) in [5, 5.41) is 3.26. The molecular weight excluding hydrogens is 198 g/mol. The van der Waals surface area contributed by atoms with Gasteiger partial charge in [-0.2, -0.15) is 0 Å². The van der Waals surface area contributed by atoms with Crippen molar-refractivity contribution in [3.63, 3.8) is 0 Å². The van der Waals surface area contributed by atoms with Gasteiger partial charge in [0.25, 0.3) is 0 Å². The third-order valence-electron chi connectivity index (χ3n) is 2.17. The molecule has 0 amide bonds. The van der Waals surface area contributed by atoms with Crippen LogP contribution in [-0.2, 0) is 18.9 Å². The monoisotopic (exact) mass is 221 g/mol. The fraction of sp³-hybridized carbons (Fsp3) is 1.00. The first kappa shape index (κ1) is 14.8. The first-order valence-electron chi connectivity index (χ1n) is 5.10. The maximum atomic E-state index is 5.06. The normalized spacial score (nSPS) is 11.6. The summed E-state index contributed by atoms with van der Waals surface area (Å²) >= 11 is 0. The Balaban J connectivity index is 3.30. The second-order valence-electron chi connectivity index (χ2n) is 3.13. The highest BCUT2D eigenvalue weighted by Crippen LogP contribution is 1.97. The van der Waals surface area contributed by atoms with Crippen LogP contribution in [0.2, 0.25) is 0 Å². The molecule has 0 unspecified atom stereocenters. The number of hydrogen-bond acceptors (Lipinski definition) is 5. The second-order valence-corrected chi connectivity index (χ2v) is 3.13. The Hall–Kier alpha value is -0.200. The van der Waals surface area contributed by atoms with E-state index in [1.54, 1.807) is 28.4 Å². The van der Waals surface area contributed by atoms with Crippen molar-refractivity contribution < 1.29 is 18.9 Å². The lowest BCUT2D eigenvalue weighted by atomic mass is 10.3. The minimum atomic E-state index is -0.127. The molecule has 0 aromatic heterocycles. The van der Waals surface area contributed by atoms with Crippen molar-refractivity contribution in [2.45, 2.75) is 25.4 Å². The fourth-order valence-corrected chi connectivity index (χ4v) is 1.23. The van der Waals surface area contributed by atoms with Gasteiger partial charge >= 0.3 is 0 Å². The zero-order valence-corrected chi connectivity index (χ0v) is 10.1. The smallest absolute Gasteiger partial charge is 0.158 e. The van der Waals surface area contributed by atoms with Crippen LogP contribution in [0, 0.1) is 0 Å². The van der Waals surface area contributed by atoms with E-state index in [1.165, 1.54) is 0 Å². The number of nitrogens with one attached hydrogen (secondary N) is 1. The molecule has 0 aromatic carbocycles. The predicted molar refractivity (Wildman–Crippen MR) is 57.7 cm³/mol. The first-order chi connectivity index (χ1) is 7.28. The maximum absolute atomic E-state index is 5.06. The Morgan fingerprint density at radius 3 is 1.33 bits per heavy atom. The van der Waals surface area contributed by atoms with Crippen molar-refractivity contribution in [1.82, 2.24) is 5.32 Å². The third kappa shape index (κ3) is 7.70. The van der Waals surface area contributed by atoms with Crippen LogP contribution in [0.15, 0.2) is 0 Å². The highest BCUT2D eigenvalue weighted by atomic mass is 16.7. The lowest BCUT2D eigenvalue weighted by Gasteiger charge is -2.15. The summed E-state index contributed by atoms with van der Waals surface area (Å²) in [6.45, 7) is 1.71. The number of rotatable bonds is 10. The van der Waals surface area contributed by atoms with Gasteiger partial charge < -0.3 is 24.3 Å². The molecule has 0 atom stereocenters. The average Bonchev–Trinajstić information content (AvgIpc) is 2.29. The molecule has 0 bridgehead atoms. The zero-order valence-electron chi connectivity index (χ0n) is 10.1. The van der Waals surface area contributed by atoms with Crippen LogP contribution in [0.5, 0.6) is 0 Å². The van der Waals surface area contributed by atoms with E-state index in [-0.39, 0.29) is 12.6 Å². The average molecular weight is 221 g/mol. The summed E-state index contributed by atoms with van der Waals surface area (Å²) < 4.78 is 20.2. The minimum Gasteiger partial charge on any atom is -0.356 e. The van der Waals surface area contributed by atoms with Crippen LogP contribution in [0.3, 0.4) is 0 Å². The van der Waals surface area contributed by atoms with Crippen LogP contribution in [0.1, 0.15) is 12.8 Å². The van der Waals surface area contributed by atoms with Gasteiger partial charge in [0.15, 0.2) is 12.6 Å². The molecule has 0 heterocycles. The number of ether oxygens (including phenoxy) is 4. The van der Waals surface area contributed by atoms with Gasteiger partial charge in [-0.1, -0.05) is 0 Å². The van der Waals surface area contributed by atoms with Crippen LogP contribution >= 0.6 is 0 Å². The van der Waals surface area contributed by atoms with Gasteiger partial charge in [0.2, 0.25) is 0 Å². The molecule has 5 heteroatoms. The summed E-state index contributed by atoms with van der Waals surface area (Å²) in [5.41, 5.74) is 0. The molecule has 0 aliphatic carbocycles. The topological polar surface area (TPSA) is 49.0 Å². The lowest BCUT2D eigenvalue weighted by Crippen LogP contribution is -2.26. The molecule has 0 fully saturated rings. The van der Waals surface area contributed by atoms with E-state index >= 15 is 0 Å². The minimum absolute atomic E-state index is 0.127. The van der Waals surface area contributed by atoms with Crippen LogP contribution < -0.4 is 5.32 Å². The molecular formula is C10H23NO4. The molecule has 0 radical (unpaired) electrons. The molecule has 0 aliphatic heterocycles. The number of hydrogen-bond donors (Lipinski definition) is 1. The molecule has 0 aromatic rings. The van der Waals surface area contributed by atoms with E-state index in [4.69, 9.17) is 18.9 Å². The summed E-state index contributed by atoms with van der Waals surface area (Å²) in [6, 6.07) is 0. The van der Waals surface area contributed by atoms with Crippen molar-refractivity contribution in [2.75, 3.05) is 41.5 Å². The van der Waals surface area contributed by atoms with Crippen molar-refractivity contribution >= 4 is 0 Å². The van der Waals surface area contributed by atoms with E-state index in [0.29, 0.717) is 0 Å². The Morgan fingerprint density at radius 1 is 0.733 bits per heavy atom. The Bertz CT molecular complexity index is 113. The lowest BCUT2D eigenvalue weighted by molar-refractivity contribution is -0.108. The van der Waals surface area contributed by atoms with Gasteiger partial charge in [0.1, 0.15) is 0 Å². The largest absolute Gasteiger partial charge is 0.356 e. The van der Waals surface area contributed by atoms with Crippen molar-refractivity contribution in [3.8, 4) is 0 Å². The summed E-state index contributed by atoms with van der Waals surface area (Å²) in [5.74, 6) is 0. The zero-order chi connectivity index (χ0) is 11.5. The summed E-state index contributed by atoms with van der Waals surface area (Å²) in [4.78, 5) is 0. The SMILES string of the molecule is COC(CCNCCC(OC)OC)OC. The van der Waals surface area contributed by atoms with E-state index < -0.39 is 0 Å². The highest BCUT2D eigenvalue weighted by Gasteiger charge is 2.05. The highest BCUT2D eigenvalue weighted by molar-refractivity contribution is 4.53. The molecule has 5 nitrogen and oxygen atoms in total. The first-order valence-corrected chi connectivity index (χ1v) is 5.10. The van der Waals surface area contributed by atoms with Crippen LogP contribution in [0.4, 0.5) is 0 Å². The molecule has 92 valence electrons. The van der Waals surface area contributed by atoms with Gasteiger partial charge in [0.05, 0.1) is 0 Å². The van der Waals surface area contributed by atoms with E-state index in [1.807, 2.05) is 0 Å². The number of methoxy groups -OCH3 is 4. The molecule has 0 spiro atoms. The summed E-state index contributed by atoms with van der Waals surface area (Å²) in [7, 11) is 6.56. The van der Waals surface area contributed by atoms with Gasteiger partial charge in [-0.3, -0.25) is 0 Å². The fourth-order valence-electron chi connectivity index (χ4n) is 1.23. The quantitative estimate of drug-likeness (QED) is 0.432. The van der Waals surface area contributed by atoms with Crippen molar-refractivity contribution in [2.24, 2.45) is 0 Å². The van der Waals surface area contributed by atoms with E-state index in [2.05, 4.69) is 5.32 Å². The van der Waals surface area contributed by atoms with Gasteiger partial charge in [-0.25, -0.2) is 0 Å². The predicted octanol–water partition coefficient (Wildman–Crippen LogP) is 0.594. The summed E-state index contributed by atoms with van der Waals surface area (Å²) in [6.07, 6.45) is 1.41. The van der Waals surface area contributed by atoms with Gasteiger partial charge in [-0.15, -0.1) is 0 Å². The maximum Gasteiger partial charge on any atom is 0.158 e. The van der Waals surface area contributed by atoms with Crippen molar-refractivity contribution in [3.05, 3.63) is 0 Å². The van der Waals surface area contributed by atoms with Crippen molar-refractivity contribution in [1.29, 1.82) is 0 Å². The van der Waals surface area contributed by atoms with Crippen LogP contribution in [0.25, 0.3) is 0 Å². The van der Waals surface area contributed by atoms with Gasteiger partial charge in [-0.05, 0) is 13.1 Å². The molecule has 1 N–H and O–H groups in total.